The van der Waals surface area contributed by atoms with Crippen molar-refractivity contribution in [2.45, 2.75) is 25.7 Å². The molecule has 3 rings (SSSR count). The standard InChI is InChI=1S/C16H18N4O2S.ClH/c17-7-6-15-20-13(9-23-15)16(22)18-11-4-5-12-10(8-11)2-1-3-14(21)19-12;/h4-5,8-9H,1-3,6-7,17H2,(H,18,22)(H,19,21);1H. The average Bonchev–Trinajstić information content (AvgIpc) is 2.91. The number of nitrogens with one attached hydrogen (secondary N) is 2. The molecule has 2 aromatic rings. The molecule has 0 radical (unpaired) electrons. The highest BCUT2D eigenvalue weighted by Crippen LogP contribution is 2.25. The molecule has 0 aliphatic carbocycles. The van der Waals surface area contributed by atoms with Gasteiger partial charge in [-0.05, 0) is 43.1 Å². The van der Waals surface area contributed by atoms with Crippen molar-refractivity contribution in [3.63, 3.8) is 0 Å². The molecule has 2 amide bonds. The number of halogens is 1. The quantitative estimate of drug-likeness (QED) is 0.774. The number of amides is 2. The lowest BCUT2D eigenvalue weighted by Gasteiger charge is -2.10. The van der Waals surface area contributed by atoms with Crippen molar-refractivity contribution in [1.29, 1.82) is 0 Å². The van der Waals surface area contributed by atoms with E-state index >= 15 is 0 Å². The van der Waals surface area contributed by atoms with E-state index in [1.54, 1.807) is 11.4 Å². The second-order valence-electron chi connectivity index (χ2n) is 5.39. The Balaban J connectivity index is 0.00000208. The van der Waals surface area contributed by atoms with Gasteiger partial charge in [0.05, 0.1) is 5.01 Å². The van der Waals surface area contributed by atoms with Crippen LogP contribution in [0.15, 0.2) is 23.6 Å². The maximum atomic E-state index is 12.3. The summed E-state index contributed by atoms with van der Waals surface area (Å²) in [7, 11) is 0. The van der Waals surface area contributed by atoms with Gasteiger partial charge in [0.1, 0.15) is 5.69 Å². The van der Waals surface area contributed by atoms with Crippen molar-refractivity contribution in [3.05, 3.63) is 39.8 Å². The first-order valence-corrected chi connectivity index (χ1v) is 8.42. The van der Waals surface area contributed by atoms with Crippen molar-refractivity contribution in [1.82, 2.24) is 4.98 Å². The average molecular weight is 367 g/mol. The Hall–Kier alpha value is -1.96. The highest BCUT2D eigenvalue weighted by Gasteiger charge is 2.15. The summed E-state index contributed by atoms with van der Waals surface area (Å²) >= 11 is 1.44. The van der Waals surface area contributed by atoms with Crippen molar-refractivity contribution in [3.8, 4) is 0 Å². The number of fused-ring (bicyclic) bond motifs is 1. The van der Waals surface area contributed by atoms with Gasteiger partial charge >= 0.3 is 0 Å². The number of anilines is 2. The maximum Gasteiger partial charge on any atom is 0.275 e. The van der Waals surface area contributed by atoms with Crippen LogP contribution in [0.2, 0.25) is 0 Å². The van der Waals surface area contributed by atoms with Gasteiger partial charge in [-0.2, -0.15) is 0 Å². The van der Waals surface area contributed by atoms with E-state index in [1.165, 1.54) is 11.3 Å². The molecule has 1 aliphatic heterocycles. The molecule has 0 saturated carbocycles. The first-order chi connectivity index (χ1) is 11.2. The lowest BCUT2D eigenvalue weighted by molar-refractivity contribution is -0.116. The van der Waals surface area contributed by atoms with Crippen molar-refractivity contribution >= 4 is 46.9 Å². The first-order valence-electron chi connectivity index (χ1n) is 7.54. The largest absolute Gasteiger partial charge is 0.330 e. The molecule has 0 bridgehead atoms. The summed E-state index contributed by atoms with van der Waals surface area (Å²) in [6.07, 6.45) is 2.83. The fourth-order valence-corrected chi connectivity index (χ4v) is 3.30. The van der Waals surface area contributed by atoms with Crippen LogP contribution in [-0.4, -0.2) is 23.3 Å². The van der Waals surface area contributed by atoms with Crippen LogP contribution in [0.5, 0.6) is 0 Å². The fourth-order valence-electron chi connectivity index (χ4n) is 2.50. The third-order valence-electron chi connectivity index (χ3n) is 3.63. The van der Waals surface area contributed by atoms with Gasteiger partial charge in [0.2, 0.25) is 5.91 Å². The Morgan fingerprint density at radius 2 is 2.21 bits per heavy atom. The van der Waals surface area contributed by atoms with Crippen LogP contribution >= 0.6 is 23.7 Å². The number of aromatic nitrogens is 1. The molecule has 0 fully saturated rings. The molecular weight excluding hydrogens is 348 g/mol. The Bertz CT molecular complexity index is 747. The fraction of sp³-hybridized carbons (Fsp3) is 0.312. The Kier molecular flexibility index (Phi) is 6.30. The molecule has 0 spiro atoms. The van der Waals surface area contributed by atoms with Gasteiger partial charge in [-0.15, -0.1) is 23.7 Å². The van der Waals surface area contributed by atoms with Crippen LogP contribution in [0.3, 0.4) is 0 Å². The number of hydrogen-bond donors (Lipinski definition) is 3. The summed E-state index contributed by atoms with van der Waals surface area (Å²) in [6, 6.07) is 5.52. The molecule has 0 saturated heterocycles. The van der Waals surface area contributed by atoms with E-state index < -0.39 is 0 Å². The summed E-state index contributed by atoms with van der Waals surface area (Å²) in [6.45, 7) is 0.519. The number of thiazole rings is 1. The second kappa shape index (κ2) is 8.23. The zero-order valence-electron chi connectivity index (χ0n) is 13.0. The maximum absolute atomic E-state index is 12.3. The smallest absolute Gasteiger partial charge is 0.275 e. The van der Waals surface area contributed by atoms with E-state index in [0.717, 1.165) is 29.1 Å². The van der Waals surface area contributed by atoms with Gasteiger partial charge in [0.15, 0.2) is 0 Å². The van der Waals surface area contributed by atoms with Crippen LogP contribution < -0.4 is 16.4 Å². The molecule has 0 atom stereocenters. The van der Waals surface area contributed by atoms with E-state index in [9.17, 15) is 9.59 Å². The van der Waals surface area contributed by atoms with Crippen LogP contribution in [0.25, 0.3) is 0 Å². The van der Waals surface area contributed by atoms with Crippen LogP contribution in [-0.2, 0) is 17.6 Å². The van der Waals surface area contributed by atoms with Crippen molar-refractivity contribution < 1.29 is 9.59 Å². The number of hydrogen-bond acceptors (Lipinski definition) is 5. The van der Waals surface area contributed by atoms with Gasteiger partial charge in [0.25, 0.3) is 5.91 Å². The number of nitrogens with zero attached hydrogens (tertiary/aromatic N) is 1. The summed E-state index contributed by atoms with van der Waals surface area (Å²) in [5.74, 6) is -0.197. The molecule has 8 heteroatoms. The molecule has 128 valence electrons. The van der Waals surface area contributed by atoms with E-state index in [4.69, 9.17) is 5.73 Å². The van der Waals surface area contributed by atoms with E-state index in [0.29, 0.717) is 30.8 Å². The predicted molar refractivity (Wildman–Crippen MR) is 98.1 cm³/mol. The van der Waals surface area contributed by atoms with Gasteiger partial charge in [-0.1, -0.05) is 0 Å². The highest BCUT2D eigenvalue weighted by atomic mass is 35.5. The number of rotatable bonds is 4. The molecule has 0 unspecified atom stereocenters. The molecule has 2 heterocycles. The Morgan fingerprint density at radius 3 is 3.00 bits per heavy atom. The third kappa shape index (κ3) is 4.31. The topological polar surface area (TPSA) is 97.1 Å². The Morgan fingerprint density at radius 1 is 1.38 bits per heavy atom. The minimum absolute atomic E-state index is 0. The van der Waals surface area contributed by atoms with Crippen molar-refractivity contribution in [2.75, 3.05) is 17.2 Å². The first kappa shape index (κ1) is 18.4. The van der Waals surface area contributed by atoms with Crippen LogP contribution in [0.1, 0.15) is 33.9 Å². The van der Waals surface area contributed by atoms with Crippen LogP contribution in [0, 0.1) is 0 Å². The summed E-state index contributed by atoms with van der Waals surface area (Å²) in [5.41, 5.74) is 8.47. The SMILES string of the molecule is Cl.NCCc1nc(C(=O)Nc2ccc3c(c2)CCCC(=O)N3)cs1. The molecule has 4 N–H and O–H groups in total. The van der Waals surface area contributed by atoms with Crippen LogP contribution in [0.4, 0.5) is 11.4 Å². The summed E-state index contributed by atoms with van der Waals surface area (Å²) < 4.78 is 0. The zero-order chi connectivity index (χ0) is 16.2. The summed E-state index contributed by atoms with van der Waals surface area (Å²) in [5, 5.41) is 8.34. The van der Waals surface area contributed by atoms with E-state index in [1.807, 2.05) is 12.1 Å². The summed E-state index contributed by atoms with van der Waals surface area (Å²) in [4.78, 5) is 28.1. The monoisotopic (exact) mass is 366 g/mol. The molecule has 24 heavy (non-hydrogen) atoms. The van der Waals surface area contributed by atoms with E-state index in [-0.39, 0.29) is 24.2 Å². The molecule has 1 aromatic carbocycles. The molecular formula is C16H19ClN4O2S. The zero-order valence-corrected chi connectivity index (χ0v) is 14.6. The molecule has 1 aliphatic rings. The van der Waals surface area contributed by atoms with Gasteiger partial charge < -0.3 is 16.4 Å². The molecule has 1 aromatic heterocycles. The highest BCUT2D eigenvalue weighted by molar-refractivity contribution is 7.09. The van der Waals surface area contributed by atoms with Crippen molar-refractivity contribution in [2.24, 2.45) is 5.73 Å². The van der Waals surface area contributed by atoms with Gasteiger partial charge in [0, 0.05) is 29.6 Å². The number of carbonyl (C=O) groups is 2. The lowest BCUT2D eigenvalue weighted by atomic mass is 10.1. The third-order valence-corrected chi connectivity index (χ3v) is 4.54. The number of carbonyl (C=O) groups excluding carboxylic acids is 2. The van der Waals surface area contributed by atoms with Gasteiger partial charge in [-0.25, -0.2) is 4.98 Å². The molecule has 6 nitrogen and oxygen atoms in total. The van der Waals surface area contributed by atoms with E-state index in [2.05, 4.69) is 15.6 Å². The predicted octanol–water partition coefficient (Wildman–Crippen LogP) is 2.59. The lowest BCUT2D eigenvalue weighted by Crippen LogP contribution is -2.13. The minimum atomic E-state index is -0.234. The normalized spacial score (nSPS) is 13.3. The number of benzene rings is 1. The Labute approximate surface area is 150 Å². The second-order valence-corrected chi connectivity index (χ2v) is 6.34. The van der Waals surface area contributed by atoms with Gasteiger partial charge in [-0.3, -0.25) is 9.59 Å². The minimum Gasteiger partial charge on any atom is -0.330 e. The number of aryl methyl sites for hydroxylation is 1. The number of nitrogens with two attached hydrogens (primary N) is 1.